The summed E-state index contributed by atoms with van der Waals surface area (Å²) in [5, 5.41) is 0. The van der Waals surface area contributed by atoms with Gasteiger partial charge < -0.3 is 14.2 Å². The zero-order valence-electron chi connectivity index (χ0n) is 17.8. The van der Waals surface area contributed by atoms with Crippen molar-refractivity contribution in [1.82, 2.24) is 0 Å². The molecule has 2 unspecified atom stereocenters. The summed E-state index contributed by atoms with van der Waals surface area (Å²) in [4.78, 5) is 0.157. The summed E-state index contributed by atoms with van der Waals surface area (Å²) in [6.45, 7) is 4.93. The highest BCUT2D eigenvalue weighted by atomic mass is 32.2. The molecule has 6 nitrogen and oxygen atoms in total. The van der Waals surface area contributed by atoms with Crippen molar-refractivity contribution in [3.05, 3.63) is 42.0 Å². The SMILES string of the molecule is Cc1ccc(S(=O)(=O)OCCOCCOCCOCC2C3CC/C=C/CCC32)cc1. The van der Waals surface area contributed by atoms with Crippen molar-refractivity contribution in [2.75, 3.05) is 46.2 Å². The van der Waals surface area contributed by atoms with E-state index in [1.807, 2.05) is 6.92 Å². The van der Waals surface area contributed by atoms with Gasteiger partial charge in [0.15, 0.2) is 0 Å². The van der Waals surface area contributed by atoms with Crippen molar-refractivity contribution >= 4 is 10.1 Å². The number of rotatable bonds is 13. The van der Waals surface area contributed by atoms with E-state index in [0.29, 0.717) is 26.4 Å². The monoisotopic (exact) mass is 438 g/mol. The van der Waals surface area contributed by atoms with Crippen molar-refractivity contribution in [2.24, 2.45) is 17.8 Å². The Hall–Kier alpha value is -1.25. The van der Waals surface area contributed by atoms with Crippen LogP contribution in [0, 0.1) is 24.7 Å². The van der Waals surface area contributed by atoms with Crippen LogP contribution in [-0.4, -0.2) is 54.7 Å². The molecule has 0 heterocycles. The molecule has 0 bridgehead atoms. The van der Waals surface area contributed by atoms with Crippen LogP contribution in [0.3, 0.4) is 0 Å². The fraction of sp³-hybridized carbons (Fsp3) is 0.652. The van der Waals surface area contributed by atoms with Gasteiger partial charge in [-0.2, -0.15) is 8.42 Å². The Kier molecular flexibility index (Phi) is 9.33. The number of aryl methyl sites for hydroxylation is 1. The van der Waals surface area contributed by atoms with E-state index in [1.54, 1.807) is 24.3 Å². The molecule has 0 aromatic heterocycles. The Balaban J connectivity index is 1.14. The third-order valence-corrected chi connectivity index (χ3v) is 7.17. The number of hydrogen-bond acceptors (Lipinski definition) is 6. The van der Waals surface area contributed by atoms with Crippen molar-refractivity contribution < 1.29 is 26.8 Å². The summed E-state index contributed by atoms with van der Waals surface area (Å²) in [5.41, 5.74) is 0.997. The number of allylic oxidation sites excluding steroid dienone is 2. The summed E-state index contributed by atoms with van der Waals surface area (Å²) in [6, 6.07) is 6.56. The number of benzene rings is 1. The van der Waals surface area contributed by atoms with E-state index in [2.05, 4.69) is 12.2 Å². The smallest absolute Gasteiger partial charge is 0.297 e. The van der Waals surface area contributed by atoms with Crippen LogP contribution in [0.25, 0.3) is 0 Å². The predicted molar refractivity (Wildman–Crippen MR) is 115 cm³/mol. The minimum absolute atomic E-state index is 0.0153. The normalized spacial score (nSPS) is 24.6. The first-order chi connectivity index (χ1) is 14.6. The van der Waals surface area contributed by atoms with E-state index in [4.69, 9.17) is 18.4 Å². The van der Waals surface area contributed by atoms with Crippen LogP contribution in [-0.2, 0) is 28.5 Å². The van der Waals surface area contributed by atoms with Gasteiger partial charge in [0.25, 0.3) is 10.1 Å². The summed E-state index contributed by atoms with van der Waals surface area (Å²) in [6.07, 6.45) is 9.67. The largest absolute Gasteiger partial charge is 0.379 e. The van der Waals surface area contributed by atoms with Crippen LogP contribution in [0.15, 0.2) is 41.3 Å². The highest BCUT2D eigenvalue weighted by Gasteiger charge is 2.48. The zero-order chi connectivity index (χ0) is 21.2. The maximum Gasteiger partial charge on any atom is 0.297 e. The van der Waals surface area contributed by atoms with Crippen molar-refractivity contribution in [1.29, 1.82) is 0 Å². The Morgan fingerprint density at radius 3 is 1.93 bits per heavy atom. The molecule has 1 aromatic rings. The highest BCUT2D eigenvalue weighted by Crippen LogP contribution is 2.52. The fourth-order valence-corrected chi connectivity index (χ4v) is 4.97. The fourth-order valence-electron chi connectivity index (χ4n) is 4.08. The standard InChI is InChI=1S/C23H34O6S/c1-19-8-10-20(11-9-19)30(24,25)29-17-16-27-13-12-26-14-15-28-18-23-21-6-4-2-3-5-7-22(21)23/h2-3,8-11,21-23H,4-7,12-18H2,1H3/b3-2+. The molecule has 0 amide bonds. The van der Waals surface area contributed by atoms with Crippen molar-refractivity contribution in [3.63, 3.8) is 0 Å². The lowest BCUT2D eigenvalue weighted by atomic mass is 10.1. The first-order valence-corrected chi connectivity index (χ1v) is 12.3. The van der Waals surface area contributed by atoms with E-state index < -0.39 is 10.1 Å². The molecule has 1 aromatic carbocycles. The van der Waals surface area contributed by atoms with Gasteiger partial charge in [0.2, 0.25) is 0 Å². The second-order valence-electron chi connectivity index (χ2n) is 8.01. The number of hydrogen-bond donors (Lipinski definition) is 0. The number of fused-ring (bicyclic) bond motifs is 1. The third kappa shape index (κ3) is 7.46. The molecule has 1 saturated carbocycles. The lowest BCUT2D eigenvalue weighted by Gasteiger charge is -2.08. The average molecular weight is 439 g/mol. The summed E-state index contributed by atoms with van der Waals surface area (Å²) in [5.74, 6) is 2.46. The molecule has 2 aliphatic rings. The Morgan fingerprint density at radius 2 is 1.33 bits per heavy atom. The lowest BCUT2D eigenvalue weighted by molar-refractivity contribution is 0.00690. The second-order valence-corrected chi connectivity index (χ2v) is 9.62. The van der Waals surface area contributed by atoms with E-state index in [-0.39, 0.29) is 18.1 Å². The lowest BCUT2D eigenvalue weighted by Crippen LogP contribution is -2.14. The van der Waals surface area contributed by atoms with Gasteiger partial charge in [-0.25, -0.2) is 0 Å². The van der Waals surface area contributed by atoms with Gasteiger partial charge in [0.1, 0.15) is 0 Å². The van der Waals surface area contributed by atoms with E-state index in [9.17, 15) is 8.42 Å². The van der Waals surface area contributed by atoms with E-state index in [0.717, 1.165) is 29.9 Å². The molecule has 0 radical (unpaired) electrons. The molecule has 168 valence electrons. The molecule has 2 atom stereocenters. The van der Waals surface area contributed by atoms with E-state index >= 15 is 0 Å². The first kappa shape index (κ1) is 23.4. The van der Waals surface area contributed by atoms with Crippen LogP contribution >= 0.6 is 0 Å². The van der Waals surface area contributed by atoms with Gasteiger partial charge in [-0.3, -0.25) is 4.18 Å². The second kappa shape index (κ2) is 12.0. The molecular formula is C23H34O6S. The Bertz CT molecular complexity index is 742. The quantitative estimate of drug-likeness (QED) is 0.265. The van der Waals surface area contributed by atoms with Crippen LogP contribution in [0.4, 0.5) is 0 Å². The maximum atomic E-state index is 12.0. The van der Waals surface area contributed by atoms with Gasteiger partial charge >= 0.3 is 0 Å². The zero-order valence-corrected chi connectivity index (χ0v) is 18.6. The molecule has 0 saturated heterocycles. The van der Waals surface area contributed by atoms with Crippen molar-refractivity contribution in [3.8, 4) is 0 Å². The molecule has 0 spiro atoms. The summed E-state index contributed by atoms with van der Waals surface area (Å²) < 4.78 is 45.7. The maximum absolute atomic E-state index is 12.0. The molecule has 0 aliphatic heterocycles. The van der Waals surface area contributed by atoms with Gasteiger partial charge in [-0.1, -0.05) is 29.8 Å². The molecule has 2 aliphatic carbocycles. The average Bonchev–Trinajstić information content (AvgIpc) is 3.35. The van der Waals surface area contributed by atoms with Crippen LogP contribution in [0.5, 0.6) is 0 Å². The minimum atomic E-state index is -3.73. The minimum Gasteiger partial charge on any atom is -0.379 e. The van der Waals surface area contributed by atoms with Gasteiger partial charge in [-0.15, -0.1) is 0 Å². The molecule has 30 heavy (non-hydrogen) atoms. The highest BCUT2D eigenvalue weighted by molar-refractivity contribution is 7.86. The Morgan fingerprint density at radius 1 is 0.800 bits per heavy atom. The van der Waals surface area contributed by atoms with Gasteiger partial charge in [0, 0.05) is 0 Å². The number of ether oxygens (including phenoxy) is 3. The third-order valence-electron chi connectivity index (χ3n) is 5.84. The Labute approximate surface area is 180 Å². The van der Waals surface area contributed by atoms with Crippen LogP contribution in [0.1, 0.15) is 31.2 Å². The van der Waals surface area contributed by atoms with Crippen molar-refractivity contribution in [2.45, 2.75) is 37.5 Å². The van der Waals surface area contributed by atoms with Crippen LogP contribution in [0.2, 0.25) is 0 Å². The van der Waals surface area contributed by atoms with E-state index in [1.165, 1.54) is 25.7 Å². The summed E-state index contributed by atoms with van der Waals surface area (Å²) in [7, 11) is -3.73. The van der Waals surface area contributed by atoms with Gasteiger partial charge in [0.05, 0.1) is 51.1 Å². The molecule has 1 fully saturated rings. The molecule has 0 N–H and O–H groups in total. The first-order valence-electron chi connectivity index (χ1n) is 10.9. The molecule has 3 rings (SSSR count). The van der Waals surface area contributed by atoms with Crippen LogP contribution < -0.4 is 0 Å². The molecule has 7 heteroatoms. The summed E-state index contributed by atoms with van der Waals surface area (Å²) >= 11 is 0. The predicted octanol–water partition coefficient (Wildman–Crippen LogP) is 3.74. The topological polar surface area (TPSA) is 71.1 Å². The van der Waals surface area contributed by atoms with Gasteiger partial charge in [-0.05, 0) is 62.5 Å². The molecular weight excluding hydrogens is 404 g/mol.